The van der Waals surface area contributed by atoms with E-state index in [-0.39, 0.29) is 73.2 Å². The maximum absolute atomic E-state index is 13.4. The van der Waals surface area contributed by atoms with E-state index in [1.807, 2.05) is 84.9 Å². The fourth-order valence-electron chi connectivity index (χ4n) is 8.93. The lowest BCUT2D eigenvalue weighted by Gasteiger charge is -2.53. The summed E-state index contributed by atoms with van der Waals surface area (Å²) in [6.45, 7) is 25.4. The van der Waals surface area contributed by atoms with Gasteiger partial charge < -0.3 is 13.9 Å². The molecule has 0 N–H and O–H groups in total. The maximum atomic E-state index is 13.4. The first-order valence-corrected chi connectivity index (χ1v) is 27.3. The van der Waals surface area contributed by atoms with Crippen LogP contribution in [0.1, 0.15) is 109 Å². The number of esters is 2. The minimum absolute atomic E-state index is 0.0656. The van der Waals surface area contributed by atoms with Crippen LogP contribution in [0.4, 0.5) is 0 Å². The van der Waals surface area contributed by atoms with E-state index < -0.39 is 56.6 Å². The van der Waals surface area contributed by atoms with E-state index in [0.29, 0.717) is 19.3 Å². The lowest BCUT2D eigenvalue weighted by atomic mass is 9.61. The van der Waals surface area contributed by atoms with Gasteiger partial charge in [0.15, 0.2) is 0 Å². The minimum Gasteiger partial charge on any atom is -0.465 e. The summed E-state index contributed by atoms with van der Waals surface area (Å²) in [6.07, 6.45) is 2.40. The summed E-state index contributed by atoms with van der Waals surface area (Å²) in [5.74, 6) is -2.45. The molecule has 346 valence electrons. The van der Waals surface area contributed by atoms with Crippen molar-refractivity contribution in [2.24, 2.45) is 52.3 Å². The average molecular weight is 909 g/mol. The molecule has 0 radical (unpaired) electrons. The van der Waals surface area contributed by atoms with Gasteiger partial charge in [0.25, 0.3) is 28.6 Å². The molecule has 2 aromatic rings. The normalized spacial score (nSPS) is 21.6. The van der Waals surface area contributed by atoms with Gasteiger partial charge in [0.05, 0.1) is 49.3 Å². The summed E-state index contributed by atoms with van der Waals surface area (Å²) in [6, 6.07) is 20.7. The molecule has 3 rings (SSSR count). The van der Waals surface area contributed by atoms with Crippen LogP contribution < -0.4 is 10.4 Å². The fraction of sp³-hybridized carbons (Fsp3) is 0.702. The van der Waals surface area contributed by atoms with Crippen molar-refractivity contribution < 1.29 is 48.7 Å². The first-order valence-electron chi connectivity index (χ1n) is 21.7. The number of rotatable bonds is 19. The lowest BCUT2D eigenvalue weighted by Crippen LogP contribution is -2.69. The molecule has 61 heavy (non-hydrogen) atoms. The number of hydrogen-bond donors (Lipinski definition) is 0. The van der Waals surface area contributed by atoms with Gasteiger partial charge in [0.2, 0.25) is 0 Å². The quantitative estimate of drug-likeness (QED) is 0.0767. The van der Waals surface area contributed by atoms with Crippen LogP contribution in [0.25, 0.3) is 0 Å². The van der Waals surface area contributed by atoms with Crippen molar-refractivity contribution >= 4 is 50.9 Å². The maximum Gasteiger partial charge on any atom is 0.311 e. The van der Waals surface area contributed by atoms with E-state index >= 15 is 0 Å². The summed E-state index contributed by atoms with van der Waals surface area (Å²) in [5, 5.41) is 1.77. The van der Waals surface area contributed by atoms with Crippen molar-refractivity contribution in [1.29, 1.82) is 0 Å². The predicted octanol–water partition coefficient (Wildman–Crippen LogP) is 8.01. The molecule has 1 aliphatic carbocycles. The van der Waals surface area contributed by atoms with Gasteiger partial charge in [-0.2, -0.15) is 16.8 Å². The molecule has 0 saturated heterocycles. The molecule has 0 amide bonds. The molecule has 1 fully saturated rings. The van der Waals surface area contributed by atoms with Crippen molar-refractivity contribution in [3.05, 3.63) is 60.7 Å². The van der Waals surface area contributed by atoms with Crippen LogP contribution in [0.15, 0.2) is 60.7 Å². The molecule has 8 atom stereocenters. The van der Waals surface area contributed by atoms with E-state index in [2.05, 4.69) is 45.0 Å². The van der Waals surface area contributed by atoms with Crippen molar-refractivity contribution in [3.8, 4) is 0 Å². The molecule has 0 spiro atoms. The van der Waals surface area contributed by atoms with Gasteiger partial charge in [-0.25, -0.2) is 0 Å². The van der Waals surface area contributed by atoms with Crippen LogP contribution in [0.3, 0.4) is 0 Å². The Hall–Kier alpha value is -2.62. The zero-order valence-corrected chi connectivity index (χ0v) is 42.2. The Bertz CT molecular complexity index is 1890. The Kier molecular flexibility index (Phi) is 18.1. The molecule has 0 aromatic heterocycles. The highest BCUT2D eigenvalue weighted by Crippen LogP contribution is 2.50. The third-order valence-electron chi connectivity index (χ3n) is 12.2. The van der Waals surface area contributed by atoms with Crippen LogP contribution in [0, 0.1) is 52.3 Å². The Labute approximate surface area is 369 Å². The number of carbonyl (C=O) groups excluding carboxylic acids is 2. The van der Waals surface area contributed by atoms with Crippen LogP contribution in [0.5, 0.6) is 0 Å². The lowest BCUT2D eigenvalue weighted by molar-refractivity contribution is -0.160. The largest absolute Gasteiger partial charge is 0.465 e. The van der Waals surface area contributed by atoms with Gasteiger partial charge in [-0.1, -0.05) is 102 Å². The second-order valence-corrected chi connectivity index (χ2v) is 28.5. The second-order valence-electron chi connectivity index (χ2n) is 21.0. The predicted molar refractivity (Wildman–Crippen MR) is 245 cm³/mol. The number of carbonyl (C=O) groups is 2. The van der Waals surface area contributed by atoms with E-state index in [0.717, 1.165) is 22.9 Å². The summed E-state index contributed by atoms with van der Waals surface area (Å²) in [4.78, 5) is 26.7. The topological polar surface area (TPSA) is 149 Å². The molecule has 11 nitrogen and oxygen atoms in total. The Balaban J connectivity index is 2.41. The van der Waals surface area contributed by atoms with Crippen molar-refractivity contribution in [2.45, 2.75) is 127 Å². The van der Waals surface area contributed by atoms with Gasteiger partial charge in [-0.05, 0) is 125 Å². The van der Waals surface area contributed by atoms with Gasteiger partial charge >= 0.3 is 11.9 Å². The first kappa shape index (κ1) is 52.7. The number of benzene rings is 2. The van der Waals surface area contributed by atoms with Crippen LogP contribution >= 0.6 is 0 Å². The number of ether oxygens (including phenoxy) is 2. The van der Waals surface area contributed by atoms with E-state index in [1.165, 1.54) is 0 Å². The Morgan fingerprint density at radius 1 is 0.689 bits per heavy atom. The summed E-state index contributed by atoms with van der Waals surface area (Å²) in [7, 11) is -10.8. The van der Waals surface area contributed by atoms with E-state index in [1.54, 1.807) is 20.8 Å². The monoisotopic (exact) mass is 908 g/mol. The Morgan fingerprint density at radius 2 is 1.16 bits per heavy atom. The molecule has 2 aromatic carbocycles. The zero-order chi connectivity index (χ0) is 46.4. The van der Waals surface area contributed by atoms with E-state index in [4.69, 9.17) is 22.3 Å². The molecule has 0 aliphatic heterocycles. The third kappa shape index (κ3) is 15.0. The summed E-state index contributed by atoms with van der Waals surface area (Å²) < 4.78 is 81.3. The fourth-order valence-corrected chi connectivity index (χ4v) is 14.5. The highest BCUT2D eigenvalue weighted by Gasteiger charge is 2.55. The van der Waals surface area contributed by atoms with Crippen molar-refractivity contribution in [2.75, 3.05) is 32.3 Å². The summed E-state index contributed by atoms with van der Waals surface area (Å²) >= 11 is 0. The van der Waals surface area contributed by atoms with E-state index in [9.17, 15) is 26.4 Å². The molecule has 1 unspecified atom stereocenters. The molecule has 14 heteroatoms. The first-order chi connectivity index (χ1) is 27.9. The van der Waals surface area contributed by atoms with Crippen LogP contribution in [-0.4, -0.2) is 81.6 Å². The number of hydrogen-bond acceptors (Lipinski definition) is 11. The summed E-state index contributed by atoms with van der Waals surface area (Å²) in [5.41, 5.74) is -1.51. The average Bonchev–Trinajstić information content (AvgIpc) is 3.13. The van der Waals surface area contributed by atoms with Gasteiger partial charge in [-0.3, -0.25) is 18.0 Å². The highest BCUT2D eigenvalue weighted by molar-refractivity contribution is 7.86. The molecule has 0 bridgehead atoms. The molecule has 0 heterocycles. The zero-order valence-electron chi connectivity index (χ0n) is 39.5. The second kappa shape index (κ2) is 20.9. The van der Waals surface area contributed by atoms with Crippen LogP contribution in [0.2, 0.25) is 5.04 Å². The van der Waals surface area contributed by atoms with Gasteiger partial charge in [-0.15, -0.1) is 0 Å². The minimum atomic E-state index is -3.83. The molecular formula is C47H76O11S2Si. The third-order valence-corrected chi connectivity index (χ3v) is 18.4. The smallest absolute Gasteiger partial charge is 0.311 e. The SMILES string of the molecule is CC(C[C@@H]([C@@H]1C[C@@H](COC(=O)C(C)(C)C)[C@H]([C@H](C)COS(C)(=O)=O)C[C@H]1O[Si](c1ccccc1)(c1ccccc1)C(C)(C)C)[C@H](COS(C)(=O)=O)C(C)C)OC(=O)C(C)(C)C. The Morgan fingerprint density at radius 3 is 1.59 bits per heavy atom. The standard InChI is InChI=1S/C47H76O11S2Si/c1-32(2)41(31-56-60(15,52)53)39(26-34(4)57-44(49)46(8,9)10)40-27-35(30-54-43(48)45(5,6)7)38(33(3)29-55-59(14,50)51)28-42(40)58-61(47(11,12)13,36-22-18-16-19-23-36)37-24-20-17-21-25-37/h16-25,32-35,38-42H,26-31H2,1-15H3/t33-,34?,35+,38+,39+,40+,41-,42-/m1/s1. The van der Waals surface area contributed by atoms with Crippen LogP contribution in [-0.2, 0) is 52.1 Å². The van der Waals surface area contributed by atoms with Gasteiger partial charge in [0, 0.05) is 6.10 Å². The molecule has 1 saturated carbocycles. The van der Waals surface area contributed by atoms with Gasteiger partial charge in [0.1, 0.15) is 0 Å². The highest BCUT2D eigenvalue weighted by atomic mass is 32.2. The molecule has 1 aliphatic rings. The van der Waals surface area contributed by atoms with Crippen molar-refractivity contribution in [1.82, 2.24) is 0 Å². The molecular weight excluding hydrogens is 833 g/mol. The van der Waals surface area contributed by atoms with Crippen molar-refractivity contribution in [3.63, 3.8) is 0 Å².